The zero-order valence-corrected chi connectivity index (χ0v) is 11.1. The number of nitrogens with one attached hydrogen (secondary N) is 1. The number of carbonyl (C=O) groups is 1. The van der Waals surface area contributed by atoms with Crippen molar-refractivity contribution in [1.29, 1.82) is 0 Å². The predicted octanol–water partition coefficient (Wildman–Crippen LogP) is 2.99. The number of aromatic carboxylic acids is 1. The lowest BCUT2D eigenvalue weighted by Crippen LogP contribution is -2.00. The fourth-order valence-corrected chi connectivity index (χ4v) is 1.86. The molecule has 0 aliphatic heterocycles. The van der Waals surface area contributed by atoms with E-state index in [1.54, 1.807) is 18.3 Å². The van der Waals surface area contributed by atoms with Gasteiger partial charge >= 0.3 is 5.97 Å². The summed E-state index contributed by atoms with van der Waals surface area (Å²) in [7, 11) is 0. The molecular weight excluding hydrogens is 298 g/mol. The third-order valence-electron chi connectivity index (χ3n) is 2.26. The third kappa shape index (κ3) is 2.84. The first-order chi connectivity index (χ1) is 8.56. The molecule has 0 fully saturated rings. The largest absolute Gasteiger partial charge is 0.478 e. The van der Waals surface area contributed by atoms with Crippen LogP contribution in [-0.2, 0) is 0 Å². The number of nitrogens with zero attached hydrogens (tertiary/aromatic N) is 2. The van der Waals surface area contributed by atoms with Gasteiger partial charge in [-0.25, -0.2) is 14.8 Å². The van der Waals surface area contributed by atoms with Crippen molar-refractivity contribution in [2.45, 2.75) is 6.92 Å². The highest BCUT2D eigenvalue weighted by molar-refractivity contribution is 9.10. The van der Waals surface area contributed by atoms with E-state index in [1.807, 2.05) is 6.92 Å². The molecule has 5 nitrogen and oxygen atoms in total. The number of rotatable bonds is 3. The van der Waals surface area contributed by atoms with Crippen molar-refractivity contribution < 1.29 is 9.90 Å². The molecule has 1 aromatic carbocycles. The molecule has 6 heteroatoms. The van der Waals surface area contributed by atoms with Gasteiger partial charge in [0.05, 0.1) is 11.3 Å². The van der Waals surface area contributed by atoms with Crippen LogP contribution in [0.15, 0.2) is 34.9 Å². The van der Waals surface area contributed by atoms with Crippen LogP contribution >= 0.6 is 15.9 Å². The molecule has 1 heterocycles. The van der Waals surface area contributed by atoms with Crippen LogP contribution < -0.4 is 5.32 Å². The van der Waals surface area contributed by atoms with Crippen LogP contribution in [0.1, 0.15) is 16.1 Å². The van der Waals surface area contributed by atoms with Gasteiger partial charge in [0.1, 0.15) is 0 Å². The highest BCUT2D eigenvalue weighted by Gasteiger charge is 2.07. The average Bonchev–Trinajstić information content (AvgIpc) is 2.31. The normalized spacial score (nSPS) is 10.1. The number of anilines is 2. The van der Waals surface area contributed by atoms with E-state index in [2.05, 4.69) is 31.2 Å². The van der Waals surface area contributed by atoms with Gasteiger partial charge in [-0.3, -0.25) is 0 Å². The van der Waals surface area contributed by atoms with Gasteiger partial charge in [-0.15, -0.1) is 0 Å². The molecule has 0 spiro atoms. The van der Waals surface area contributed by atoms with E-state index in [0.717, 1.165) is 5.69 Å². The van der Waals surface area contributed by atoms with Gasteiger partial charge in [-0.1, -0.05) is 0 Å². The molecule has 0 radical (unpaired) electrons. The van der Waals surface area contributed by atoms with Crippen molar-refractivity contribution in [2.75, 3.05) is 5.32 Å². The number of aryl methyl sites for hydroxylation is 1. The number of hydrogen-bond donors (Lipinski definition) is 2. The van der Waals surface area contributed by atoms with Crippen LogP contribution in [-0.4, -0.2) is 21.0 Å². The van der Waals surface area contributed by atoms with Gasteiger partial charge in [-0.05, 0) is 47.1 Å². The van der Waals surface area contributed by atoms with Gasteiger partial charge in [0.25, 0.3) is 0 Å². The summed E-state index contributed by atoms with van der Waals surface area (Å²) >= 11 is 3.31. The lowest BCUT2D eigenvalue weighted by molar-refractivity contribution is 0.0697. The smallest absolute Gasteiger partial charge is 0.335 e. The maximum Gasteiger partial charge on any atom is 0.335 e. The molecule has 2 rings (SSSR count). The first-order valence-corrected chi connectivity index (χ1v) is 5.95. The topological polar surface area (TPSA) is 75.1 Å². The van der Waals surface area contributed by atoms with Crippen molar-refractivity contribution in [1.82, 2.24) is 9.97 Å². The molecule has 0 saturated heterocycles. The maximum atomic E-state index is 10.8. The van der Waals surface area contributed by atoms with Crippen LogP contribution in [0.2, 0.25) is 0 Å². The highest BCUT2D eigenvalue weighted by atomic mass is 79.9. The van der Waals surface area contributed by atoms with E-state index >= 15 is 0 Å². The number of hydrogen-bond acceptors (Lipinski definition) is 4. The monoisotopic (exact) mass is 307 g/mol. The molecule has 0 unspecified atom stereocenters. The molecule has 0 amide bonds. The molecule has 0 atom stereocenters. The van der Waals surface area contributed by atoms with Crippen molar-refractivity contribution in [3.05, 3.63) is 46.2 Å². The Kier molecular flexibility index (Phi) is 3.57. The van der Waals surface area contributed by atoms with Crippen molar-refractivity contribution in [3.63, 3.8) is 0 Å². The van der Waals surface area contributed by atoms with Crippen molar-refractivity contribution in [2.24, 2.45) is 0 Å². The second-order valence-corrected chi connectivity index (χ2v) is 4.50. The maximum absolute atomic E-state index is 10.8. The third-order valence-corrected chi connectivity index (χ3v) is 2.91. The zero-order chi connectivity index (χ0) is 13.1. The lowest BCUT2D eigenvalue weighted by Gasteiger charge is -2.07. The van der Waals surface area contributed by atoms with E-state index < -0.39 is 5.97 Å². The van der Waals surface area contributed by atoms with Crippen LogP contribution in [0.25, 0.3) is 0 Å². The summed E-state index contributed by atoms with van der Waals surface area (Å²) in [6.07, 6.45) is 1.66. The summed E-state index contributed by atoms with van der Waals surface area (Å²) in [4.78, 5) is 19.1. The second-order valence-electron chi connectivity index (χ2n) is 3.65. The van der Waals surface area contributed by atoms with E-state index in [-0.39, 0.29) is 5.56 Å². The van der Waals surface area contributed by atoms with E-state index in [0.29, 0.717) is 16.1 Å². The summed E-state index contributed by atoms with van der Waals surface area (Å²) in [6, 6.07) is 6.51. The Labute approximate surface area is 112 Å². The van der Waals surface area contributed by atoms with Gasteiger partial charge in [0.15, 0.2) is 0 Å². The van der Waals surface area contributed by atoms with Crippen molar-refractivity contribution >= 4 is 33.5 Å². The predicted molar refractivity (Wildman–Crippen MR) is 71.2 cm³/mol. The molecule has 92 valence electrons. The summed E-state index contributed by atoms with van der Waals surface area (Å²) in [5.41, 5.74) is 1.79. The quantitative estimate of drug-likeness (QED) is 0.911. The van der Waals surface area contributed by atoms with E-state index in [9.17, 15) is 4.79 Å². The Morgan fingerprint density at radius 2 is 2.17 bits per heavy atom. The summed E-state index contributed by atoms with van der Waals surface area (Å²) in [5, 5.41) is 11.9. The highest BCUT2D eigenvalue weighted by Crippen LogP contribution is 2.25. The fraction of sp³-hybridized carbons (Fsp3) is 0.0833. The van der Waals surface area contributed by atoms with E-state index in [1.165, 1.54) is 12.1 Å². The SMILES string of the molecule is Cc1ccnc(Nc2ccc(C(=O)O)cc2Br)n1. The Morgan fingerprint density at radius 1 is 1.39 bits per heavy atom. The molecule has 0 saturated carbocycles. The van der Waals surface area contributed by atoms with E-state index in [4.69, 9.17) is 5.11 Å². The molecular formula is C12H10BrN3O2. The number of carboxylic acid groups (broad SMARTS) is 1. The van der Waals surface area contributed by atoms with Crippen LogP contribution in [0.4, 0.5) is 11.6 Å². The summed E-state index contributed by atoms with van der Waals surface area (Å²) in [5.74, 6) is -0.493. The summed E-state index contributed by atoms with van der Waals surface area (Å²) < 4.78 is 0.646. The number of benzene rings is 1. The number of halogens is 1. The first-order valence-electron chi connectivity index (χ1n) is 5.16. The summed E-state index contributed by atoms with van der Waals surface area (Å²) in [6.45, 7) is 1.87. The Morgan fingerprint density at radius 3 is 2.78 bits per heavy atom. The molecule has 2 N–H and O–H groups in total. The molecule has 0 aliphatic carbocycles. The molecule has 2 aromatic rings. The number of aromatic nitrogens is 2. The van der Waals surface area contributed by atoms with Crippen LogP contribution in [0, 0.1) is 6.92 Å². The number of carboxylic acids is 1. The minimum atomic E-state index is -0.964. The second kappa shape index (κ2) is 5.14. The Bertz CT molecular complexity index is 602. The minimum Gasteiger partial charge on any atom is -0.478 e. The molecule has 18 heavy (non-hydrogen) atoms. The Hall–Kier alpha value is -1.95. The first kappa shape index (κ1) is 12.5. The minimum absolute atomic E-state index is 0.220. The average molecular weight is 308 g/mol. The van der Waals surface area contributed by atoms with Gasteiger partial charge in [-0.2, -0.15) is 0 Å². The fourth-order valence-electron chi connectivity index (χ4n) is 1.38. The molecule has 0 bridgehead atoms. The van der Waals surface area contributed by atoms with Crippen molar-refractivity contribution in [3.8, 4) is 0 Å². The standard InChI is InChI=1S/C12H10BrN3O2/c1-7-4-5-14-12(15-7)16-10-3-2-8(11(17)18)6-9(10)13/h2-6H,1H3,(H,17,18)(H,14,15,16). The molecule has 0 aliphatic rings. The zero-order valence-electron chi connectivity index (χ0n) is 9.51. The van der Waals surface area contributed by atoms with Crippen LogP contribution in [0.5, 0.6) is 0 Å². The molecule has 1 aromatic heterocycles. The van der Waals surface area contributed by atoms with Gasteiger partial charge < -0.3 is 10.4 Å². The van der Waals surface area contributed by atoms with Crippen LogP contribution in [0.3, 0.4) is 0 Å². The lowest BCUT2D eigenvalue weighted by atomic mass is 10.2. The van der Waals surface area contributed by atoms with Gasteiger partial charge in [0.2, 0.25) is 5.95 Å². The van der Waals surface area contributed by atoms with Gasteiger partial charge in [0, 0.05) is 16.4 Å². The Balaban J connectivity index is 2.27.